The number of rotatable bonds is 2. The van der Waals surface area contributed by atoms with Crippen molar-refractivity contribution in [1.82, 2.24) is 5.32 Å². The minimum absolute atomic E-state index is 0.351. The van der Waals surface area contributed by atoms with Crippen LogP contribution in [0.25, 0.3) is 0 Å². The van der Waals surface area contributed by atoms with E-state index < -0.39 is 0 Å². The Balaban J connectivity index is 2.08. The monoisotopic (exact) mass is 129 g/mol. The third kappa shape index (κ3) is 2.33. The summed E-state index contributed by atoms with van der Waals surface area (Å²) >= 11 is 0. The highest BCUT2D eigenvalue weighted by atomic mass is 16.5. The molecule has 0 spiro atoms. The molecular formula is C7H15NO. The molecule has 1 fully saturated rings. The first-order chi connectivity index (χ1) is 4.43. The van der Waals surface area contributed by atoms with Gasteiger partial charge in [-0.05, 0) is 19.4 Å². The average molecular weight is 129 g/mol. The summed E-state index contributed by atoms with van der Waals surface area (Å²) in [6, 6.07) is 0. The summed E-state index contributed by atoms with van der Waals surface area (Å²) in [5, 5.41) is 3.30. The third-order valence-electron chi connectivity index (χ3n) is 1.56. The second-order valence-corrected chi connectivity index (χ2v) is 2.46. The van der Waals surface area contributed by atoms with E-state index in [4.69, 9.17) is 4.74 Å². The van der Waals surface area contributed by atoms with E-state index in [1.54, 1.807) is 0 Å². The van der Waals surface area contributed by atoms with Crippen molar-refractivity contribution in [2.24, 2.45) is 0 Å². The zero-order valence-corrected chi connectivity index (χ0v) is 6.02. The van der Waals surface area contributed by atoms with Crippen LogP contribution in [0.4, 0.5) is 0 Å². The Morgan fingerprint density at radius 1 is 1.67 bits per heavy atom. The van der Waals surface area contributed by atoms with E-state index >= 15 is 0 Å². The molecule has 1 aliphatic rings. The molecule has 1 saturated heterocycles. The lowest BCUT2D eigenvalue weighted by atomic mass is 10.2. The fraction of sp³-hybridized carbons (Fsp3) is 1.00. The van der Waals surface area contributed by atoms with Crippen molar-refractivity contribution in [1.29, 1.82) is 0 Å². The van der Waals surface area contributed by atoms with E-state index in [2.05, 4.69) is 12.2 Å². The molecule has 0 saturated carbocycles. The minimum atomic E-state index is 0.351. The summed E-state index contributed by atoms with van der Waals surface area (Å²) in [6.45, 7) is 4.25. The second kappa shape index (κ2) is 3.85. The van der Waals surface area contributed by atoms with Crippen LogP contribution in [0.15, 0.2) is 0 Å². The van der Waals surface area contributed by atoms with Gasteiger partial charge in [-0.2, -0.15) is 0 Å². The standard InChI is InChI=1S/C7H15NO/c1-2-4-7-8-5-3-6-9-7/h7-8H,2-6H2,1H3/t7-/m1/s1. The van der Waals surface area contributed by atoms with Crippen molar-refractivity contribution in [2.75, 3.05) is 13.2 Å². The van der Waals surface area contributed by atoms with Gasteiger partial charge in [0.15, 0.2) is 0 Å². The Labute approximate surface area is 56.6 Å². The van der Waals surface area contributed by atoms with Gasteiger partial charge in [0.25, 0.3) is 0 Å². The fourth-order valence-corrected chi connectivity index (χ4v) is 1.07. The molecule has 2 heteroatoms. The van der Waals surface area contributed by atoms with E-state index in [-0.39, 0.29) is 0 Å². The van der Waals surface area contributed by atoms with Crippen LogP contribution >= 0.6 is 0 Å². The average Bonchev–Trinajstić information content (AvgIpc) is 1.91. The Kier molecular flexibility index (Phi) is 3.01. The SMILES string of the molecule is CCC[C@@H]1NCCCO1. The number of ether oxygens (including phenoxy) is 1. The van der Waals surface area contributed by atoms with Crippen molar-refractivity contribution in [3.05, 3.63) is 0 Å². The lowest BCUT2D eigenvalue weighted by Gasteiger charge is -2.23. The maximum atomic E-state index is 5.41. The van der Waals surface area contributed by atoms with Crippen molar-refractivity contribution in [3.8, 4) is 0 Å². The zero-order chi connectivity index (χ0) is 6.53. The van der Waals surface area contributed by atoms with Gasteiger partial charge in [-0.15, -0.1) is 0 Å². The molecule has 0 unspecified atom stereocenters. The first-order valence-electron chi connectivity index (χ1n) is 3.78. The van der Waals surface area contributed by atoms with Crippen LogP contribution in [0, 0.1) is 0 Å². The molecule has 1 aliphatic heterocycles. The zero-order valence-electron chi connectivity index (χ0n) is 6.02. The smallest absolute Gasteiger partial charge is 0.108 e. The van der Waals surface area contributed by atoms with Crippen molar-refractivity contribution in [3.63, 3.8) is 0 Å². The van der Waals surface area contributed by atoms with Crippen molar-refractivity contribution in [2.45, 2.75) is 32.4 Å². The highest BCUT2D eigenvalue weighted by molar-refractivity contribution is 4.59. The van der Waals surface area contributed by atoms with Crippen molar-refractivity contribution >= 4 is 0 Å². The molecule has 0 aromatic heterocycles. The number of hydrogen-bond acceptors (Lipinski definition) is 2. The molecule has 1 atom stereocenters. The molecule has 1 rings (SSSR count). The van der Waals surface area contributed by atoms with Crippen LogP contribution < -0.4 is 5.32 Å². The highest BCUT2D eigenvalue weighted by Gasteiger charge is 2.09. The lowest BCUT2D eigenvalue weighted by Crippen LogP contribution is -2.37. The minimum Gasteiger partial charge on any atom is -0.363 e. The molecule has 0 amide bonds. The predicted molar refractivity (Wildman–Crippen MR) is 37.3 cm³/mol. The third-order valence-corrected chi connectivity index (χ3v) is 1.56. The quantitative estimate of drug-likeness (QED) is 0.603. The van der Waals surface area contributed by atoms with Crippen LogP contribution in [-0.2, 0) is 4.74 Å². The van der Waals surface area contributed by atoms with Crippen LogP contribution in [-0.4, -0.2) is 19.4 Å². The Bertz CT molecular complexity index is 66.6. The van der Waals surface area contributed by atoms with Gasteiger partial charge in [0, 0.05) is 6.61 Å². The van der Waals surface area contributed by atoms with Gasteiger partial charge in [-0.3, -0.25) is 5.32 Å². The molecular weight excluding hydrogens is 114 g/mol. The molecule has 0 aliphatic carbocycles. The van der Waals surface area contributed by atoms with Gasteiger partial charge >= 0.3 is 0 Å². The van der Waals surface area contributed by atoms with E-state index in [9.17, 15) is 0 Å². The fourth-order valence-electron chi connectivity index (χ4n) is 1.07. The molecule has 54 valence electrons. The Morgan fingerprint density at radius 3 is 3.11 bits per heavy atom. The van der Waals surface area contributed by atoms with Crippen LogP contribution in [0.1, 0.15) is 26.2 Å². The van der Waals surface area contributed by atoms with Gasteiger partial charge in [-0.1, -0.05) is 13.3 Å². The molecule has 0 radical (unpaired) electrons. The van der Waals surface area contributed by atoms with Gasteiger partial charge < -0.3 is 4.74 Å². The summed E-state index contributed by atoms with van der Waals surface area (Å²) in [6.07, 6.45) is 3.88. The Morgan fingerprint density at radius 2 is 2.56 bits per heavy atom. The van der Waals surface area contributed by atoms with E-state index in [1.165, 1.54) is 12.8 Å². The second-order valence-electron chi connectivity index (χ2n) is 2.46. The Hall–Kier alpha value is -0.0800. The molecule has 9 heavy (non-hydrogen) atoms. The topological polar surface area (TPSA) is 21.3 Å². The maximum absolute atomic E-state index is 5.41. The molecule has 1 heterocycles. The van der Waals surface area contributed by atoms with Gasteiger partial charge in [-0.25, -0.2) is 0 Å². The summed E-state index contributed by atoms with van der Waals surface area (Å²) in [4.78, 5) is 0. The van der Waals surface area contributed by atoms with Gasteiger partial charge in [0.2, 0.25) is 0 Å². The first kappa shape index (κ1) is 7.03. The van der Waals surface area contributed by atoms with E-state index in [0.717, 1.165) is 19.6 Å². The van der Waals surface area contributed by atoms with Crippen LogP contribution in [0.3, 0.4) is 0 Å². The van der Waals surface area contributed by atoms with Crippen LogP contribution in [0.2, 0.25) is 0 Å². The number of hydrogen-bond donors (Lipinski definition) is 1. The maximum Gasteiger partial charge on any atom is 0.108 e. The van der Waals surface area contributed by atoms with Gasteiger partial charge in [0.05, 0.1) is 0 Å². The molecule has 0 bridgehead atoms. The summed E-state index contributed by atoms with van der Waals surface area (Å²) in [5.74, 6) is 0. The summed E-state index contributed by atoms with van der Waals surface area (Å²) < 4.78 is 5.41. The van der Waals surface area contributed by atoms with E-state index in [0.29, 0.717) is 6.23 Å². The lowest BCUT2D eigenvalue weighted by molar-refractivity contribution is -0.00396. The largest absolute Gasteiger partial charge is 0.363 e. The first-order valence-corrected chi connectivity index (χ1v) is 3.78. The number of nitrogens with one attached hydrogen (secondary N) is 1. The molecule has 1 N–H and O–H groups in total. The highest BCUT2D eigenvalue weighted by Crippen LogP contribution is 2.03. The normalized spacial score (nSPS) is 28.3. The van der Waals surface area contributed by atoms with Crippen LogP contribution in [0.5, 0.6) is 0 Å². The van der Waals surface area contributed by atoms with Gasteiger partial charge in [0.1, 0.15) is 6.23 Å². The molecule has 2 nitrogen and oxygen atoms in total. The van der Waals surface area contributed by atoms with E-state index in [1.807, 2.05) is 0 Å². The molecule has 0 aromatic rings. The van der Waals surface area contributed by atoms with Crippen molar-refractivity contribution < 1.29 is 4.74 Å². The predicted octanol–water partition coefficient (Wildman–Crippen LogP) is 1.12. The summed E-state index contributed by atoms with van der Waals surface area (Å²) in [7, 11) is 0. The summed E-state index contributed by atoms with van der Waals surface area (Å²) in [5.41, 5.74) is 0. The molecule has 0 aromatic carbocycles.